The van der Waals surface area contributed by atoms with Gasteiger partial charge in [0.05, 0.1) is 0 Å². The average molecular weight is 323 g/mol. The molecule has 0 saturated carbocycles. The lowest BCUT2D eigenvalue weighted by Gasteiger charge is -2.11. The number of nitrogens with zero attached hydrogens (tertiary/aromatic N) is 1. The molecule has 0 atom stereocenters. The summed E-state index contributed by atoms with van der Waals surface area (Å²) in [6.45, 7) is 4.19. The first-order chi connectivity index (χ1) is 11.1. The van der Waals surface area contributed by atoms with Crippen LogP contribution in [-0.4, -0.2) is 15.8 Å². The van der Waals surface area contributed by atoms with Gasteiger partial charge in [0.15, 0.2) is 6.29 Å². The number of aldehydes is 1. The minimum Gasteiger partial charge on any atom is -0.354 e. The fourth-order valence-corrected chi connectivity index (χ4v) is 3.44. The van der Waals surface area contributed by atoms with Crippen LogP contribution < -0.4 is 0 Å². The van der Waals surface area contributed by atoms with Crippen LogP contribution in [0, 0.1) is 13.8 Å². The van der Waals surface area contributed by atoms with E-state index in [0.717, 1.165) is 44.5 Å². The predicted octanol–water partition coefficient (Wildman–Crippen LogP) is 5.19. The highest BCUT2D eigenvalue weighted by atomic mass is 35.5. The van der Waals surface area contributed by atoms with Gasteiger partial charge in [-0.2, -0.15) is 0 Å². The summed E-state index contributed by atoms with van der Waals surface area (Å²) in [5.74, 6) is 0. The molecule has 4 aromatic rings. The molecule has 23 heavy (non-hydrogen) atoms. The predicted molar refractivity (Wildman–Crippen MR) is 95.0 cm³/mol. The smallest absolute Gasteiger partial charge is 0.151 e. The second-order valence-electron chi connectivity index (χ2n) is 5.87. The minimum absolute atomic E-state index is 0.670. The number of aromatic amines is 1. The van der Waals surface area contributed by atoms with Crippen LogP contribution >= 0.6 is 11.6 Å². The molecule has 1 N–H and O–H groups in total. The van der Waals surface area contributed by atoms with Gasteiger partial charge >= 0.3 is 0 Å². The molecular weight excluding hydrogens is 308 g/mol. The summed E-state index contributed by atoms with van der Waals surface area (Å²) in [6, 6.07) is 9.86. The number of H-pyrrole nitrogens is 1. The first kappa shape index (κ1) is 14.1. The van der Waals surface area contributed by atoms with E-state index in [9.17, 15) is 4.79 Å². The minimum atomic E-state index is 0.670. The number of halogens is 1. The Morgan fingerprint density at radius 1 is 1.17 bits per heavy atom. The Labute approximate surface area is 138 Å². The van der Waals surface area contributed by atoms with Gasteiger partial charge in [-0.25, -0.2) is 0 Å². The van der Waals surface area contributed by atoms with Crippen LogP contribution in [-0.2, 0) is 0 Å². The molecule has 0 aliphatic carbocycles. The maximum atomic E-state index is 11.0. The second kappa shape index (κ2) is 5.00. The second-order valence-corrected chi connectivity index (χ2v) is 6.31. The number of carbonyl (C=O) groups is 1. The summed E-state index contributed by atoms with van der Waals surface area (Å²) in [4.78, 5) is 14.4. The largest absolute Gasteiger partial charge is 0.354 e. The third-order valence-corrected chi connectivity index (χ3v) is 4.63. The van der Waals surface area contributed by atoms with Crippen molar-refractivity contribution >= 4 is 39.7 Å². The first-order valence-corrected chi connectivity index (χ1v) is 7.81. The fraction of sp³-hybridized carbons (Fsp3) is 0.105. The van der Waals surface area contributed by atoms with Crippen molar-refractivity contribution in [3.63, 3.8) is 0 Å². The van der Waals surface area contributed by atoms with Crippen molar-refractivity contribution in [1.82, 2.24) is 9.55 Å². The molecule has 0 fully saturated rings. The van der Waals surface area contributed by atoms with Crippen LogP contribution in [0.25, 0.3) is 27.5 Å². The molecule has 2 heterocycles. The molecule has 0 bridgehead atoms. The Morgan fingerprint density at radius 2 is 2.00 bits per heavy atom. The monoisotopic (exact) mass is 322 g/mol. The maximum Gasteiger partial charge on any atom is 0.151 e. The fourth-order valence-electron chi connectivity index (χ4n) is 3.26. The lowest BCUT2D eigenvalue weighted by molar-refractivity contribution is 0.112. The molecular formula is C19H15ClN2O. The summed E-state index contributed by atoms with van der Waals surface area (Å²) in [6.07, 6.45) is 4.63. The number of aryl methyl sites for hydroxylation is 2. The van der Waals surface area contributed by atoms with Gasteiger partial charge in [-0.15, -0.1) is 0 Å². The highest BCUT2D eigenvalue weighted by Gasteiger charge is 2.14. The van der Waals surface area contributed by atoms with E-state index in [0.29, 0.717) is 5.56 Å². The summed E-state index contributed by atoms with van der Waals surface area (Å²) in [5, 5.41) is 3.03. The number of benzene rings is 2. The van der Waals surface area contributed by atoms with Gasteiger partial charge < -0.3 is 9.55 Å². The number of carbonyl (C=O) groups excluding carboxylic acids is 1. The number of rotatable bonds is 2. The molecule has 0 saturated heterocycles. The standard InChI is InChI=1S/C19H15ClN2O/c1-11-7-17(22-6-5-13(9-22)10-23)12(2)18-15-8-14(20)3-4-16(15)21-19(11)18/h3-10,21H,1-2H3. The summed E-state index contributed by atoms with van der Waals surface area (Å²) >= 11 is 6.19. The molecule has 0 spiro atoms. The van der Waals surface area contributed by atoms with Crippen molar-refractivity contribution in [1.29, 1.82) is 0 Å². The lowest BCUT2D eigenvalue weighted by atomic mass is 10.0. The maximum absolute atomic E-state index is 11.0. The van der Waals surface area contributed by atoms with E-state index in [2.05, 4.69) is 24.9 Å². The number of nitrogens with one attached hydrogen (secondary N) is 1. The zero-order chi connectivity index (χ0) is 16.1. The van der Waals surface area contributed by atoms with Crippen LogP contribution in [0.3, 0.4) is 0 Å². The number of hydrogen-bond acceptors (Lipinski definition) is 1. The van der Waals surface area contributed by atoms with Crippen LogP contribution in [0.2, 0.25) is 5.02 Å². The van der Waals surface area contributed by atoms with Crippen molar-refractivity contribution in [3.05, 3.63) is 64.4 Å². The molecule has 4 heteroatoms. The van der Waals surface area contributed by atoms with E-state index in [1.54, 1.807) is 0 Å². The molecule has 0 aliphatic rings. The van der Waals surface area contributed by atoms with E-state index in [1.165, 1.54) is 5.39 Å². The van der Waals surface area contributed by atoms with Crippen molar-refractivity contribution in [3.8, 4) is 5.69 Å². The van der Waals surface area contributed by atoms with Gasteiger partial charge in [-0.05, 0) is 55.3 Å². The van der Waals surface area contributed by atoms with Crippen LogP contribution in [0.15, 0.2) is 42.7 Å². The number of fused-ring (bicyclic) bond motifs is 3. The zero-order valence-electron chi connectivity index (χ0n) is 12.9. The average Bonchev–Trinajstić information content (AvgIpc) is 3.15. The SMILES string of the molecule is Cc1cc(-n2ccc(C=O)c2)c(C)c2c1[nH]c1ccc(Cl)cc12. The Morgan fingerprint density at radius 3 is 2.74 bits per heavy atom. The highest BCUT2D eigenvalue weighted by molar-refractivity contribution is 6.32. The molecule has 0 aliphatic heterocycles. The Kier molecular flexibility index (Phi) is 3.06. The Balaban J connectivity index is 2.10. The third kappa shape index (κ3) is 2.08. The Bertz CT molecular complexity index is 1070. The van der Waals surface area contributed by atoms with Gasteiger partial charge in [0.2, 0.25) is 0 Å². The van der Waals surface area contributed by atoms with Crippen molar-refractivity contribution in [2.24, 2.45) is 0 Å². The molecule has 4 rings (SSSR count). The number of hydrogen-bond donors (Lipinski definition) is 1. The van der Waals surface area contributed by atoms with Crippen LogP contribution in [0.4, 0.5) is 0 Å². The quantitative estimate of drug-likeness (QED) is 0.506. The molecule has 3 nitrogen and oxygen atoms in total. The molecule has 0 radical (unpaired) electrons. The lowest BCUT2D eigenvalue weighted by Crippen LogP contribution is -1.96. The highest BCUT2D eigenvalue weighted by Crippen LogP contribution is 2.35. The van der Waals surface area contributed by atoms with Gasteiger partial charge in [-0.3, -0.25) is 4.79 Å². The molecule has 0 amide bonds. The van der Waals surface area contributed by atoms with Gasteiger partial charge in [0.1, 0.15) is 0 Å². The molecule has 114 valence electrons. The zero-order valence-corrected chi connectivity index (χ0v) is 13.6. The van der Waals surface area contributed by atoms with Gasteiger partial charge in [0.25, 0.3) is 0 Å². The van der Waals surface area contributed by atoms with Crippen molar-refractivity contribution in [2.75, 3.05) is 0 Å². The van der Waals surface area contributed by atoms with E-state index >= 15 is 0 Å². The summed E-state index contributed by atoms with van der Waals surface area (Å²) < 4.78 is 1.99. The van der Waals surface area contributed by atoms with Crippen LogP contribution in [0.1, 0.15) is 21.5 Å². The van der Waals surface area contributed by atoms with E-state index in [4.69, 9.17) is 11.6 Å². The van der Waals surface area contributed by atoms with Gasteiger partial charge in [0, 0.05) is 50.5 Å². The molecule has 0 unspecified atom stereocenters. The summed E-state index contributed by atoms with van der Waals surface area (Å²) in [5.41, 5.74) is 6.27. The Hall–Kier alpha value is -2.52. The number of aromatic nitrogens is 2. The van der Waals surface area contributed by atoms with E-state index < -0.39 is 0 Å². The topological polar surface area (TPSA) is 37.8 Å². The van der Waals surface area contributed by atoms with Gasteiger partial charge in [-0.1, -0.05) is 11.6 Å². The van der Waals surface area contributed by atoms with Crippen LogP contribution in [0.5, 0.6) is 0 Å². The van der Waals surface area contributed by atoms with Crippen molar-refractivity contribution < 1.29 is 4.79 Å². The molecule has 2 aromatic heterocycles. The summed E-state index contributed by atoms with van der Waals surface area (Å²) in [7, 11) is 0. The van der Waals surface area contributed by atoms with E-state index in [-0.39, 0.29) is 0 Å². The normalized spacial score (nSPS) is 11.4. The molecule has 2 aromatic carbocycles. The third-order valence-electron chi connectivity index (χ3n) is 4.40. The van der Waals surface area contributed by atoms with E-state index in [1.807, 2.05) is 41.2 Å². The van der Waals surface area contributed by atoms with Crippen molar-refractivity contribution in [2.45, 2.75) is 13.8 Å². The first-order valence-electron chi connectivity index (χ1n) is 7.43.